The molecule has 198 valence electrons. The van der Waals surface area contributed by atoms with Crippen molar-refractivity contribution < 1.29 is 19.5 Å². The van der Waals surface area contributed by atoms with Crippen LogP contribution in [0.5, 0.6) is 0 Å². The molecule has 5 rings (SSSR count). The minimum Gasteiger partial charge on any atom is -0.481 e. The number of fused-ring (bicyclic) bond motifs is 7. The highest BCUT2D eigenvalue weighted by Crippen LogP contribution is 2.76. The third-order valence-corrected chi connectivity index (χ3v) is 11.8. The molecule has 0 unspecified atom stereocenters. The number of ketones is 2. The maximum Gasteiger partial charge on any atom is 0.303 e. The molecule has 3 fully saturated rings. The number of aliphatic carboxylic acids is 1. The first-order valence-electron chi connectivity index (χ1n) is 13.9. The number of allylic oxidation sites excluding steroid dienone is 4. The second-order valence-corrected chi connectivity index (χ2v) is 14.7. The van der Waals surface area contributed by atoms with Crippen molar-refractivity contribution in [1.29, 1.82) is 0 Å². The summed E-state index contributed by atoms with van der Waals surface area (Å²) in [5.74, 6) is 1.14. The lowest BCUT2D eigenvalue weighted by Gasteiger charge is -2.69. The van der Waals surface area contributed by atoms with Crippen LogP contribution in [0, 0.1) is 56.8 Å². The van der Waals surface area contributed by atoms with Gasteiger partial charge < -0.3 is 9.90 Å². The van der Waals surface area contributed by atoms with Crippen LogP contribution >= 0.6 is 0 Å². The predicted molar refractivity (Wildman–Crippen MR) is 142 cm³/mol. The number of nitrogens with zero attached hydrogens (tertiary/aromatic N) is 1. The summed E-state index contributed by atoms with van der Waals surface area (Å²) in [6.45, 7) is 22.8. The molecule has 5 nitrogen and oxygen atoms in total. The summed E-state index contributed by atoms with van der Waals surface area (Å²) in [4.78, 5) is 43.2. The van der Waals surface area contributed by atoms with Crippen molar-refractivity contribution >= 4 is 17.5 Å². The van der Waals surface area contributed by atoms with Crippen molar-refractivity contribution in [3.8, 4) is 0 Å². The molecule has 3 saturated carbocycles. The molecule has 0 aromatic rings. The van der Waals surface area contributed by atoms with E-state index in [1.807, 2.05) is 26.0 Å². The lowest BCUT2D eigenvalue weighted by Crippen LogP contribution is -2.63. The van der Waals surface area contributed by atoms with Crippen molar-refractivity contribution in [3.63, 3.8) is 0 Å². The quantitative estimate of drug-likeness (QED) is 0.414. The van der Waals surface area contributed by atoms with Gasteiger partial charge in [-0.3, -0.25) is 9.59 Å². The molecule has 5 atom stereocenters. The molecule has 0 bridgehead atoms. The van der Waals surface area contributed by atoms with Crippen LogP contribution in [0.4, 0.5) is 0 Å². The molecule has 0 spiro atoms. The Labute approximate surface area is 222 Å². The molecule has 5 heteroatoms. The van der Waals surface area contributed by atoms with E-state index in [1.54, 1.807) is 0 Å². The number of carbonyl (C=O) groups is 3. The average Bonchev–Trinajstić information content (AvgIpc) is 2.78. The van der Waals surface area contributed by atoms with Crippen molar-refractivity contribution in [1.82, 2.24) is 0 Å². The molecular weight excluding hydrogens is 462 g/mol. The van der Waals surface area contributed by atoms with Crippen molar-refractivity contribution in [3.05, 3.63) is 46.7 Å². The Balaban J connectivity index is 1.69. The van der Waals surface area contributed by atoms with Crippen LogP contribution in [-0.2, 0) is 14.4 Å². The zero-order valence-corrected chi connectivity index (χ0v) is 23.5. The minimum atomic E-state index is -0.786. The van der Waals surface area contributed by atoms with Gasteiger partial charge in [0.15, 0.2) is 11.6 Å². The van der Waals surface area contributed by atoms with Crippen LogP contribution in [0.2, 0.25) is 0 Å². The Morgan fingerprint density at radius 1 is 1.00 bits per heavy atom. The van der Waals surface area contributed by atoms with Gasteiger partial charge in [-0.1, -0.05) is 60.1 Å². The second-order valence-electron chi connectivity index (χ2n) is 14.7. The first-order chi connectivity index (χ1) is 17.0. The van der Waals surface area contributed by atoms with Crippen LogP contribution < -0.4 is 0 Å². The molecule has 0 aromatic heterocycles. The van der Waals surface area contributed by atoms with Gasteiger partial charge in [-0.15, -0.1) is 0 Å². The first-order valence-corrected chi connectivity index (χ1v) is 13.9. The largest absolute Gasteiger partial charge is 0.481 e. The first kappa shape index (κ1) is 26.4. The fraction of sp³-hybridized carbons (Fsp3) is 0.688. The lowest BCUT2D eigenvalue weighted by molar-refractivity contribution is -0.143. The number of Topliss-reactive ketones (excluding diaryl/α,β-unsaturated/α-hetero) is 1. The Morgan fingerprint density at radius 2 is 1.65 bits per heavy atom. The predicted octanol–water partition coefficient (Wildman–Crippen LogP) is 6.95. The maximum atomic E-state index is 14.3. The van der Waals surface area contributed by atoms with Gasteiger partial charge in [0, 0.05) is 10.8 Å². The van der Waals surface area contributed by atoms with Crippen molar-refractivity contribution in [2.75, 3.05) is 0 Å². The molecule has 1 N–H and O–H groups in total. The van der Waals surface area contributed by atoms with Crippen LogP contribution in [0.3, 0.4) is 0 Å². The van der Waals surface area contributed by atoms with Crippen LogP contribution in [0.15, 0.2) is 23.4 Å². The zero-order valence-electron chi connectivity index (χ0n) is 23.5. The highest BCUT2D eigenvalue weighted by atomic mass is 16.4. The lowest BCUT2D eigenvalue weighted by atomic mass is 9.34. The number of carboxylic acids is 1. The second kappa shape index (κ2) is 7.67. The third-order valence-electron chi connectivity index (χ3n) is 11.8. The summed E-state index contributed by atoms with van der Waals surface area (Å²) < 4.78 is 0. The molecule has 2 radical (unpaired) electrons. The molecule has 0 amide bonds. The maximum absolute atomic E-state index is 14.3. The summed E-state index contributed by atoms with van der Waals surface area (Å²) in [5.41, 5.74) is -1.12. The summed E-state index contributed by atoms with van der Waals surface area (Å²) in [5, 5.41) is 9.90. The van der Waals surface area contributed by atoms with Crippen LogP contribution in [0.25, 0.3) is 4.85 Å². The summed E-state index contributed by atoms with van der Waals surface area (Å²) >= 11 is 0. The smallest absolute Gasteiger partial charge is 0.303 e. The zero-order chi connectivity index (χ0) is 27.4. The van der Waals surface area contributed by atoms with E-state index in [-0.39, 0.29) is 40.4 Å². The third kappa shape index (κ3) is 3.29. The number of carboxylic acid groups (broad SMARTS) is 1. The van der Waals surface area contributed by atoms with E-state index in [0.717, 1.165) is 62.4 Å². The molecular formula is C32H41NO4. The van der Waals surface area contributed by atoms with Gasteiger partial charge in [0.2, 0.25) is 5.70 Å². The van der Waals surface area contributed by atoms with E-state index < -0.39 is 27.6 Å². The van der Waals surface area contributed by atoms with E-state index >= 15 is 0 Å². The molecule has 0 saturated heterocycles. The molecule has 37 heavy (non-hydrogen) atoms. The van der Waals surface area contributed by atoms with Crippen molar-refractivity contribution in [2.24, 2.45) is 38.4 Å². The van der Waals surface area contributed by atoms with E-state index in [4.69, 9.17) is 6.57 Å². The SMILES string of the molecule is [C-]#[N+]C1=C[C@]2(C)C3=CC(=O)[C]4[C]5CC(C)(C)CC[C@]5(CC(=O)O)CC[C@@]4(C)[C@]3(C)CC[C@H]2C(C)(C)C1=O. The van der Waals surface area contributed by atoms with E-state index in [1.165, 1.54) is 0 Å². The molecule has 0 aliphatic heterocycles. The van der Waals surface area contributed by atoms with Gasteiger partial charge in [-0.05, 0) is 84.5 Å². The normalized spacial score (nSPS) is 42.8. The summed E-state index contributed by atoms with van der Waals surface area (Å²) in [6.07, 6.45) is 9.63. The van der Waals surface area contributed by atoms with Gasteiger partial charge in [-0.25, -0.2) is 4.85 Å². The number of carbonyl (C=O) groups excluding carboxylic acids is 2. The Kier molecular flexibility index (Phi) is 5.47. The Morgan fingerprint density at radius 3 is 2.27 bits per heavy atom. The van der Waals surface area contributed by atoms with E-state index in [9.17, 15) is 19.5 Å². The van der Waals surface area contributed by atoms with Gasteiger partial charge in [0.05, 0.1) is 18.9 Å². The molecule has 5 aliphatic carbocycles. The fourth-order valence-electron chi connectivity index (χ4n) is 9.56. The van der Waals surface area contributed by atoms with E-state index in [0.29, 0.717) is 0 Å². The Hall–Kier alpha value is -2.22. The average molecular weight is 504 g/mol. The highest BCUT2D eigenvalue weighted by molar-refractivity contribution is 6.08. The van der Waals surface area contributed by atoms with Crippen molar-refractivity contribution in [2.45, 2.75) is 99.8 Å². The topological polar surface area (TPSA) is 75.8 Å². The number of hydrogen-bond donors (Lipinski definition) is 1. The fourth-order valence-corrected chi connectivity index (χ4v) is 9.56. The van der Waals surface area contributed by atoms with Crippen LogP contribution in [-0.4, -0.2) is 22.6 Å². The summed E-state index contributed by atoms with van der Waals surface area (Å²) in [7, 11) is 0. The standard InChI is InChI=1S/C32H41NO4/c1-27(2)11-13-32(18-24(35)36)14-12-31(7)25(19(32)16-27)21(34)15-23-29(5)17-20(33-8)26(37)28(3,4)22(29)9-10-30(23,31)6/h15,17,22H,9-14,16,18H2,1-7H3,(H,35,36)/t22-,29-,30+,31+,32+/m0/s1. The van der Waals surface area contributed by atoms with Gasteiger partial charge in [0.25, 0.3) is 0 Å². The molecule has 0 heterocycles. The number of rotatable bonds is 2. The van der Waals surface area contributed by atoms with E-state index in [2.05, 4.69) is 39.5 Å². The molecule has 0 aromatic carbocycles. The number of hydrogen-bond acceptors (Lipinski definition) is 3. The van der Waals surface area contributed by atoms with Gasteiger partial charge in [-0.2, -0.15) is 0 Å². The van der Waals surface area contributed by atoms with Gasteiger partial charge in [0.1, 0.15) is 0 Å². The van der Waals surface area contributed by atoms with Crippen LogP contribution in [0.1, 0.15) is 99.8 Å². The Bertz CT molecular complexity index is 1200. The van der Waals surface area contributed by atoms with Gasteiger partial charge >= 0.3 is 5.97 Å². The minimum absolute atomic E-state index is 0.0197. The molecule has 5 aliphatic rings. The monoisotopic (exact) mass is 503 g/mol. The highest BCUT2D eigenvalue weighted by Gasteiger charge is 2.70. The summed E-state index contributed by atoms with van der Waals surface area (Å²) in [6, 6.07) is 0.